The Hall–Kier alpha value is -2.98. The number of carbonyl (C=O) groups is 1. The molecule has 0 bridgehead atoms. The molecule has 1 aliphatic rings. The molecule has 0 amide bonds. The highest BCUT2D eigenvalue weighted by Crippen LogP contribution is 2.44. The highest BCUT2D eigenvalue weighted by molar-refractivity contribution is 8.04. The number of carbonyl (C=O) groups excluding carboxylic acids is 1. The van der Waals surface area contributed by atoms with E-state index in [4.69, 9.17) is 4.74 Å². The topological polar surface area (TPSA) is 46.5 Å². The van der Waals surface area contributed by atoms with Gasteiger partial charge in [0.25, 0.3) is 5.95 Å². The van der Waals surface area contributed by atoms with Crippen LogP contribution >= 0.6 is 11.8 Å². The van der Waals surface area contributed by atoms with E-state index in [1.54, 1.807) is 0 Å². The highest BCUT2D eigenvalue weighted by Gasteiger charge is 2.40. The molecule has 3 nitrogen and oxygen atoms in total. The van der Waals surface area contributed by atoms with Crippen molar-refractivity contribution in [1.29, 1.82) is 0 Å². The van der Waals surface area contributed by atoms with Crippen molar-refractivity contribution < 1.29 is 14.6 Å². The molecule has 0 radical (unpaired) electrons. The number of aliphatic hydroxyl groups excluding tert-OH is 1. The third-order valence-electron chi connectivity index (χ3n) is 5.54. The Kier molecular flexibility index (Phi) is 6.47. The van der Waals surface area contributed by atoms with E-state index >= 15 is 0 Å². The number of hydrogen-bond acceptors (Lipinski definition) is 4. The summed E-state index contributed by atoms with van der Waals surface area (Å²) in [7, 11) is 0. The summed E-state index contributed by atoms with van der Waals surface area (Å²) in [4.78, 5) is 14.9. The lowest BCUT2D eigenvalue weighted by Crippen LogP contribution is -2.32. The number of Topliss-reactive ketones (excluding diaryl/α,β-unsaturated/α-hetero) is 1. The minimum atomic E-state index is -0.529. The van der Waals surface area contributed by atoms with Crippen molar-refractivity contribution in [3.05, 3.63) is 112 Å². The fraction of sp³-hybridized carbons (Fsp3) is 0.222. The molecule has 3 aromatic rings. The van der Waals surface area contributed by atoms with Gasteiger partial charge in [-0.2, -0.15) is 0 Å². The van der Waals surface area contributed by atoms with Gasteiger partial charge in [-0.15, -0.1) is 0 Å². The van der Waals surface area contributed by atoms with Gasteiger partial charge in [0.05, 0.1) is 5.92 Å². The van der Waals surface area contributed by atoms with E-state index in [2.05, 4.69) is 19.9 Å². The summed E-state index contributed by atoms with van der Waals surface area (Å²) in [5.74, 6) is -0.477. The number of allylic oxidation sites excluding steroid dienone is 1. The Morgan fingerprint density at radius 2 is 1.52 bits per heavy atom. The van der Waals surface area contributed by atoms with Crippen LogP contribution in [0.4, 0.5) is 0 Å². The smallest absolute Gasteiger partial charge is 0.295 e. The number of thioether (sulfide) groups is 1. The zero-order chi connectivity index (χ0) is 21.8. The molecule has 1 N–H and O–H groups in total. The summed E-state index contributed by atoms with van der Waals surface area (Å²) < 4.78 is 6.01. The first-order chi connectivity index (χ1) is 15.0. The molecule has 4 rings (SSSR count). The minimum absolute atomic E-state index is 0.0787. The molecule has 0 spiro atoms. The van der Waals surface area contributed by atoms with Crippen molar-refractivity contribution in [3.63, 3.8) is 0 Å². The number of hydrogen-bond donors (Lipinski definition) is 1. The molecule has 0 saturated carbocycles. The predicted octanol–water partition coefficient (Wildman–Crippen LogP) is 6.83. The van der Waals surface area contributed by atoms with Gasteiger partial charge in [-0.1, -0.05) is 104 Å². The largest absolute Gasteiger partial charge is 0.480 e. The summed E-state index contributed by atoms with van der Waals surface area (Å²) in [5, 5.41) is 10.8. The van der Waals surface area contributed by atoms with Gasteiger partial charge in [0.1, 0.15) is 11.0 Å². The second-order valence-electron chi connectivity index (χ2n) is 8.04. The molecule has 0 fully saturated rings. The molecule has 3 aromatic carbocycles. The lowest BCUT2D eigenvalue weighted by molar-refractivity contribution is -0.128. The van der Waals surface area contributed by atoms with Crippen molar-refractivity contribution >= 4 is 17.5 Å². The van der Waals surface area contributed by atoms with Crippen LogP contribution in [0.2, 0.25) is 0 Å². The average Bonchev–Trinajstić information content (AvgIpc) is 2.80. The van der Waals surface area contributed by atoms with Crippen molar-refractivity contribution in [1.82, 2.24) is 0 Å². The van der Waals surface area contributed by atoms with Crippen LogP contribution in [0.25, 0.3) is 0 Å². The van der Waals surface area contributed by atoms with Crippen LogP contribution in [0.1, 0.15) is 42.6 Å². The molecule has 2 unspecified atom stereocenters. The average molecular weight is 431 g/mol. The van der Waals surface area contributed by atoms with Crippen LogP contribution in [0.15, 0.2) is 101 Å². The van der Waals surface area contributed by atoms with Gasteiger partial charge in [-0.3, -0.25) is 4.79 Å². The number of aliphatic hydroxyl groups is 1. The lowest BCUT2D eigenvalue weighted by Gasteiger charge is -2.32. The second kappa shape index (κ2) is 9.44. The van der Waals surface area contributed by atoms with Crippen LogP contribution in [0.5, 0.6) is 0 Å². The van der Waals surface area contributed by atoms with Gasteiger partial charge >= 0.3 is 0 Å². The Morgan fingerprint density at radius 3 is 2.19 bits per heavy atom. The van der Waals surface area contributed by atoms with Crippen LogP contribution in [-0.4, -0.2) is 10.9 Å². The van der Waals surface area contributed by atoms with E-state index in [1.807, 2.05) is 78.9 Å². The molecule has 1 aliphatic heterocycles. The molecule has 31 heavy (non-hydrogen) atoms. The molecule has 158 valence electrons. The number of benzene rings is 3. The van der Waals surface area contributed by atoms with E-state index in [-0.39, 0.29) is 16.6 Å². The maximum atomic E-state index is 13.7. The van der Waals surface area contributed by atoms with Gasteiger partial charge in [-0.25, -0.2) is 0 Å². The normalized spacial score (nSPS) is 18.9. The first-order valence-electron chi connectivity index (χ1n) is 10.5. The number of ketones is 1. The maximum absolute atomic E-state index is 13.7. The monoisotopic (exact) mass is 430 g/mol. The predicted molar refractivity (Wildman–Crippen MR) is 125 cm³/mol. The van der Waals surface area contributed by atoms with Gasteiger partial charge in [0, 0.05) is 4.90 Å². The summed E-state index contributed by atoms with van der Waals surface area (Å²) in [5.41, 5.74) is 3.10. The quantitative estimate of drug-likeness (QED) is 0.466. The lowest BCUT2D eigenvalue weighted by atomic mass is 9.85. The molecule has 0 aromatic heterocycles. The van der Waals surface area contributed by atoms with Crippen molar-refractivity contribution in [2.75, 3.05) is 0 Å². The van der Waals surface area contributed by atoms with Gasteiger partial charge in [-0.05, 0) is 35.1 Å². The molecular weight excluding hydrogens is 404 g/mol. The van der Waals surface area contributed by atoms with Gasteiger partial charge < -0.3 is 9.84 Å². The molecule has 2 atom stereocenters. The fourth-order valence-electron chi connectivity index (χ4n) is 3.93. The summed E-state index contributed by atoms with van der Waals surface area (Å²) in [6, 6.07) is 27.6. The first-order valence-corrected chi connectivity index (χ1v) is 11.4. The maximum Gasteiger partial charge on any atom is 0.295 e. The van der Waals surface area contributed by atoms with Crippen molar-refractivity contribution in [2.45, 2.75) is 37.2 Å². The zero-order valence-electron chi connectivity index (χ0n) is 17.7. The molecule has 1 heterocycles. The number of ether oxygens (including phenoxy) is 1. The Labute approximate surface area is 187 Å². The van der Waals surface area contributed by atoms with E-state index in [1.165, 1.54) is 11.8 Å². The van der Waals surface area contributed by atoms with Gasteiger partial charge in [0.15, 0.2) is 5.78 Å². The molecule has 0 aliphatic carbocycles. The summed E-state index contributed by atoms with van der Waals surface area (Å²) in [6.45, 7) is 4.24. The molecule has 4 heteroatoms. The fourth-order valence-corrected chi connectivity index (χ4v) is 5.11. The Balaban J connectivity index is 1.71. The SMILES string of the molecule is CC(C)c1ccccc1SC1=C(O)OC(c2ccccc2)C(Cc2ccccc2)C1=O. The van der Waals surface area contributed by atoms with Crippen LogP contribution in [-0.2, 0) is 16.0 Å². The van der Waals surface area contributed by atoms with Crippen LogP contribution in [0, 0.1) is 5.92 Å². The van der Waals surface area contributed by atoms with Crippen LogP contribution in [0.3, 0.4) is 0 Å². The van der Waals surface area contributed by atoms with Crippen molar-refractivity contribution in [3.8, 4) is 0 Å². The van der Waals surface area contributed by atoms with E-state index < -0.39 is 12.0 Å². The van der Waals surface area contributed by atoms with E-state index in [0.29, 0.717) is 12.3 Å². The highest BCUT2D eigenvalue weighted by atomic mass is 32.2. The van der Waals surface area contributed by atoms with E-state index in [0.717, 1.165) is 21.6 Å². The standard InChI is InChI=1S/C27H26O3S/c1-18(2)21-15-9-10-16-23(21)31-26-24(28)22(17-19-11-5-3-6-12-19)25(30-27(26)29)20-13-7-4-8-14-20/h3-16,18,22,25,29H,17H2,1-2H3. The van der Waals surface area contributed by atoms with Gasteiger partial charge in [0.2, 0.25) is 0 Å². The Morgan fingerprint density at radius 1 is 0.903 bits per heavy atom. The molecular formula is C27H26O3S. The molecule has 0 saturated heterocycles. The Bertz CT molecular complexity index is 1070. The van der Waals surface area contributed by atoms with E-state index in [9.17, 15) is 9.90 Å². The van der Waals surface area contributed by atoms with Crippen molar-refractivity contribution in [2.24, 2.45) is 5.92 Å². The zero-order valence-corrected chi connectivity index (χ0v) is 18.5. The third-order valence-corrected chi connectivity index (χ3v) is 6.71. The summed E-state index contributed by atoms with van der Waals surface area (Å²) in [6.07, 6.45) is 0.0150. The third kappa shape index (κ3) is 4.70. The number of rotatable bonds is 6. The first kappa shape index (κ1) is 21.3. The minimum Gasteiger partial charge on any atom is -0.480 e. The van der Waals surface area contributed by atoms with Crippen LogP contribution < -0.4 is 0 Å². The summed E-state index contributed by atoms with van der Waals surface area (Å²) >= 11 is 1.30. The second-order valence-corrected chi connectivity index (χ2v) is 9.09.